The molecule has 0 spiro atoms. The predicted molar refractivity (Wildman–Crippen MR) is 127 cm³/mol. The molecule has 0 radical (unpaired) electrons. The molecule has 1 aliphatic heterocycles. The van der Waals surface area contributed by atoms with E-state index in [1.165, 1.54) is 0 Å². The van der Waals surface area contributed by atoms with Gasteiger partial charge >= 0.3 is 0 Å². The number of hydrogen-bond acceptors (Lipinski definition) is 6. The Morgan fingerprint density at radius 3 is 2.67 bits per heavy atom. The van der Waals surface area contributed by atoms with E-state index in [0.29, 0.717) is 11.4 Å². The highest BCUT2D eigenvalue weighted by Gasteiger charge is 2.18. The maximum absolute atomic E-state index is 12.8. The number of hydrogen-bond donors (Lipinski definition) is 0. The third-order valence-electron chi connectivity index (χ3n) is 5.85. The van der Waals surface area contributed by atoms with E-state index < -0.39 is 0 Å². The van der Waals surface area contributed by atoms with Crippen molar-refractivity contribution in [2.24, 2.45) is 0 Å². The molecule has 0 unspecified atom stereocenters. The smallest absolute Gasteiger partial charge is 0.170 e. The van der Waals surface area contributed by atoms with E-state index in [9.17, 15) is 4.79 Å². The molecule has 0 fully saturated rings. The average Bonchev–Trinajstić information content (AvgIpc) is 3.21. The van der Waals surface area contributed by atoms with E-state index in [1.807, 2.05) is 38.2 Å². The summed E-state index contributed by atoms with van der Waals surface area (Å²) in [5.74, 6) is 2.34. The second kappa shape index (κ2) is 8.75. The lowest BCUT2D eigenvalue weighted by Crippen LogP contribution is -2.30. The van der Waals surface area contributed by atoms with E-state index in [-0.39, 0.29) is 18.3 Å². The van der Waals surface area contributed by atoms with Gasteiger partial charge in [0, 0.05) is 35.8 Å². The van der Waals surface area contributed by atoms with Gasteiger partial charge in [0.1, 0.15) is 17.4 Å². The standard InChI is InChI=1S/C26H27N5O2/c1-17(2)33-21-8-6-18(7-9-21)24(32)13-25-27-14-20-5-4-19(12-22(20)29-25)23-15-28-26-16-30(3)10-11-31(23)26/h4-9,12,14-15,17H,10-11,13,16H2,1-3H3. The predicted octanol–water partition coefficient (Wildman–Crippen LogP) is 4.15. The van der Waals surface area contributed by atoms with Crippen LogP contribution in [0, 0.1) is 0 Å². The quantitative estimate of drug-likeness (QED) is 0.419. The van der Waals surface area contributed by atoms with Gasteiger partial charge in [0.05, 0.1) is 36.5 Å². The number of carbonyl (C=O) groups is 1. The van der Waals surface area contributed by atoms with Crippen LogP contribution in [0.1, 0.15) is 35.9 Å². The fourth-order valence-electron chi connectivity index (χ4n) is 4.15. The lowest BCUT2D eigenvalue weighted by Gasteiger charge is -2.24. The van der Waals surface area contributed by atoms with Crippen molar-refractivity contribution in [2.45, 2.75) is 39.5 Å². The number of carbonyl (C=O) groups excluding carboxylic acids is 1. The summed E-state index contributed by atoms with van der Waals surface area (Å²) in [6.45, 7) is 6.73. The Bertz CT molecular complexity index is 1310. The van der Waals surface area contributed by atoms with Crippen LogP contribution >= 0.6 is 0 Å². The van der Waals surface area contributed by atoms with Crippen LogP contribution in [0.15, 0.2) is 54.9 Å². The molecule has 0 bridgehead atoms. The average molecular weight is 442 g/mol. The normalized spacial score (nSPS) is 13.9. The van der Waals surface area contributed by atoms with E-state index >= 15 is 0 Å². The fourth-order valence-corrected chi connectivity index (χ4v) is 4.15. The van der Waals surface area contributed by atoms with Crippen LogP contribution in [-0.4, -0.2) is 49.9 Å². The van der Waals surface area contributed by atoms with Gasteiger partial charge in [0.2, 0.25) is 0 Å². The van der Waals surface area contributed by atoms with Crippen molar-refractivity contribution in [3.8, 4) is 17.0 Å². The number of ketones is 1. The molecule has 168 valence electrons. The van der Waals surface area contributed by atoms with Crippen molar-refractivity contribution in [3.05, 3.63) is 72.1 Å². The zero-order chi connectivity index (χ0) is 22.9. The van der Waals surface area contributed by atoms with Crippen LogP contribution in [0.3, 0.4) is 0 Å². The number of benzene rings is 2. The molecule has 3 heterocycles. The zero-order valence-electron chi connectivity index (χ0n) is 19.2. The number of ether oxygens (including phenoxy) is 1. The lowest BCUT2D eigenvalue weighted by atomic mass is 10.1. The fraction of sp³-hybridized carbons (Fsp3) is 0.308. The number of rotatable bonds is 6. The maximum atomic E-state index is 12.8. The highest BCUT2D eigenvalue weighted by molar-refractivity contribution is 5.97. The van der Waals surface area contributed by atoms with Gasteiger partial charge in [-0.2, -0.15) is 0 Å². The summed E-state index contributed by atoms with van der Waals surface area (Å²) in [5, 5.41) is 0.947. The van der Waals surface area contributed by atoms with Crippen LogP contribution in [0.2, 0.25) is 0 Å². The summed E-state index contributed by atoms with van der Waals surface area (Å²) >= 11 is 0. The van der Waals surface area contributed by atoms with Crippen molar-refractivity contribution < 1.29 is 9.53 Å². The van der Waals surface area contributed by atoms with Crippen molar-refractivity contribution in [1.29, 1.82) is 0 Å². The summed E-state index contributed by atoms with van der Waals surface area (Å²) in [7, 11) is 2.11. The Hall–Kier alpha value is -3.58. The van der Waals surface area contributed by atoms with E-state index in [4.69, 9.17) is 9.72 Å². The molecule has 0 atom stereocenters. The Kier molecular flexibility index (Phi) is 5.64. The molecule has 0 aliphatic carbocycles. The first-order valence-electron chi connectivity index (χ1n) is 11.2. The first kappa shape index (κ1) is 21.3. The van der Waals surface area contributed by atoms with E-state index in [0.717, 1.165) is 53.4 Å². The van der Waals surface area contributed by atoms with Crippen molar-refractivity contribution in [3.63, 3.8) is 0 Å². The van der Waals surface area contributed by atoms with Gasteiger partial charge in [0.25, 0.3) is 0 Å². The highest BCUT2D eigenvalue weighted by Crippen LogP contribution is 2.26. The number of nitrogens with zero attached hydrogens (tertiary/aromatic N) is 5. The summed E-state index contributed by atoms with van der Waals surface area (Å²) in [6.07, 6.45) is 3.97. The monoisotopic (exact) mass is 441 g/mol. The molecule has 4 aromatic rings. The summed E-state index contributed by atoms with van der Waals surface area (Å²) < 4.78 is 7.93. The summed E-state index contributed by atoms with van der Waals surface area (Å²) in [4.78, 5) is 28.8. The number of aromatic nitrogens is 4. The van der Waals surface area contributed by atoms with Crippen molar-refractivity contribution in [2.75, 3.05) is 13.6 Å². The van der Waals surface area contributed by atoms with Gasteiger partial charge in [-0.1, -0.05) is 12.1 Å². The van der Waals surface area contributed by atoms with Crippen molar-refractivity contribution >= 4 is 16.7 Å². The molecule has 33 heavy (non-hydrogen) atoms. The van der Waals surface area contributed by atoms with Gasteiger partial charge in [0.15, 0.2) is 5.78 Å². The minimum Gasteiger partial charge on any atom is -0.491 e. The first-order chi connectivity index (χ1) is 16.0. The van der Waals surface area contributed by atoms with Gasteiger partial charge < -0.3 is 9.30 Å². The van der Waals surface area contributed by atoms with Crippen LogP contribution in [0.25, 0.3) is 22.2 Å². The van der Waals surface area contributed by atoms with Crippen molar-refractivity contribution in [1.82, 2.24) is 24.4 Å². The molecule has 5 rings (SSSR count). The maximum Gasteiger partial charge on any atom is 0.170 e. The lowest BCUT2D eigenvalue weighted by molar-refractivity contribution is 0.0991. The molecule has 2 aromatic carbocycles. The highest BCUT2D eigenvalue weighted by atomic mass is 16.5. The van der Waals surface area contributed by atoms with Crippen LogP contribution in [0.4, 0.5) is 0 Å². The molecular formula is C26H27N5O2. The second-order valence-corrected chi connectivity index (χ2v) is 8.80. The molecule has 1 aliphatic rings. The molecule has 0 N–H and O–H groups in total. The summed E-state index contributed by atoms with van der Waals surface area (Å²) in [6, 6.07) is 13.4. The van der Waals surface area contributed by atoms with Crippen LogP contribution in [-0.2, 0) is 19.5 Å². The van der Waals surface area contributed by atoms with Gasteiger partial charge in [-0.25, -0.2) is 15.0 Å². The van der Waals surface area contributed by atoms with Crippen LogP contribution < -0.4 is 4.74 Å². The molecular weight excluding hydrogens is 414 g/mol. The van der Waals surface area contributed by atoms with Gasteiger partial charge in [-0.3, -0.25) is 9.69 Å². The Morgan fingerprint density at radius 2 is 1.88 bits per heavy atom. The number of Topliss-reactive ketones (excluding diaryl/α,β-unsaturated/α-hetero) is 1. The Morgan fingerprint density at radius 1 is 1.06 bits per heavy atom. The zero-order valence-corrected chi connectivity index (χ0v) is 19.2. The molecule has 7 heteroatoms. The summed E-state index contributed by atoms with van der Waals surface area (Å²) in [5.41, 5.74) is 3.62. The Balaban J connectivity index is 1.38. The number of fused-ring (bicyclic) bond motifs is 2. The van der Waals surface area contributed by atoms with Gasteiger partial charge in [-0.05, 0) is 51.2 Å². The van der Waals surface area contributed by atoms with E-state index in [1.54, 1.807) is 18.3 Å². The minimum atomic E-state index is -0.0180. The number of imidazole rings is 1. The van der Waals surface area contributed by atoms with Gasteiger partial charge in [-0.15, -0.1) is 0 Å². The molecule has 0 amide bonds. The molecule has 7 nitrogen and oxygen atoms in total. The second-order valence-electron chi connectivity index (χ2n) is 8.80. The van der Waals surface area contributed by atoms with E-state index in [2.05, 4.69) is 38.6 Å². The third-order valence-corrected chi connectivity index (χ3v) is 5.85. The Labute approximate surface area is 193 Å². The van der Waals surface area contributed by atoms with Crippen LogP contribution in [0.5, 0.6) is 5.75 Å². The molecule has 0 saturated heterocycles. The topological polar surface area (TPSA) is 73.1 Å². The molecule has 0 saturated carbocycles. The first-order valence-corrected chi connectivity index (χ1v) is 11.2. The third kappa shape index (κ3) is 4.50. The molecule has 2 aromatic heterocycles. The largest absolute Gasteiger partial charge is 0.491 e. The SMILES string of the molecule is CC(C)Oc1ccc(C(=O)Cc2ncc3ccc(-c4cnc5n4CCN(C)C5)cc3n2)cc1. The number of likely N-dealkylation sites (N-methyl/N-ethyl adjacent to an activating group) is 1. The minimum absolute atomic E-state index is 0.0180.